The summed E-state index contributed by atoms with van der Waals surface area (Å²) in [6.07, 6.45) is 1.56. The molecule has 0 aromatic heterocycles. The summed E-state index contributed by atoms with van der Waals surface area (Å²) in [6, 6.07) is 18.8. The highest BCUT2D eigenvalue weighted by molar-refractivity contribution is 9.11. The van der Waals surface area contributed by atoms with Gasteiger partial charge in [0.05, 0.1) is 10.7 Å². The second-order valence-corrected chi connectivity index (χ2v) is 9.79. The van der Waals surface area contributed by atoms with E-state index in [2.05, 4.69) is 74.2 Å². The fourth-order valence-electron chi connectivity index (χ4n) is 2.40. The Labute approximate surface area is 213 Å². The molecule has 1 N–H and O–H groups in total. The van der Waals surface area contributed by atoms with E-state index < -0.39 is 0 Å². The largest absolute Gasteiger partial charge is 0.489 e. The molecule has 0 unspecified atom stereocenters. The molecular formula is C22H16Br4N2O3. The number of nitrogens with zero attached hydrogens (tertiary/aromatic N) is 1. The molecule has 0 bridgehead atoms. The first-order valence-corrected chi connectivity index (χ1v) is 12.1. The first kappa shape index (κ1) is 24.0. The normalized spacial score (nSPS) is 10.8. The fourth-order valence-corrected chi connectivity index (χ4v) is 4.72. The van der Waals surface area contributed by atoms with E-state index in [0.29, 0.717) is 12.4 Å². The lowest BCUT2D eigenvalue weighted by Crippen LogP contribution is -2.24. The highest BCUT2D eigenvalue weighted by atomic mass is 79.9. The van der Waals surface area contributed by atoms with Crippen LogP contribution < -0.4 is 14.9 Å². The van der Waals surface area contributed by atoms with Gasteiger partial charge in [-0.05, 0) is 76.1 Å². The van der Waals surface area contributed by atoms with Crippen LogP contribution in [-0.4, -0.2) is 18.7 Å². The molecule has 0 saturated carbocycles. The first-order valence-electron chi connectivity index (χ1n) is 8.97. The van der Waals surface area contributed by atoms with Gasteiger partial charge in [0.1, 0.15) is 18.1 Å². The molecule has 0 spiro atoms. The van der Waals surface area contributed by atoms with Crippen molar-refractivity contribution in [2.24, 2.45) is 5.10 Å². The molecule has 3 aromatic carbocycles. The standard InChI is InChI=1S/C22H16Br4N2O3/c23-16-4-3-15(19(25)9-16)12-30-18-6-1-14(2-7-18)11-27-28-22(29)13-31-21-8-5-17(24)10-20(21)26/h1-11H,12-13H2,(H,28,29)/b27-11+. The Morgan fingerprint density at radius 2 is 1.55 bits per heavy atom. The Morgan fingerprint density at radius 1 is 0.871 bits per heavy atom. The highest BCUT2D eigenvalue weighted by Crippen LogP contribution is 2.28. The molecule has 160 valence electrons. The summed E-state index contributed by atoms with van der Waals surface area (Å²) in [6.45, 7) is 0.307. The lowest BCUT2D eigenvalue weighted by molar-refractivity contribution is -0.123. The van der Waals surface area contributed by atoms with Crippen LogP contribution in [0.5, 0.6) is 11.5 Å². The van der Waals surface area contributed by atoms with Gasteiger partial charge in [0, 0.05) is 19.0 Å². The summed E-state index contributed by atoms with van der Waals surface area (Å²) in [7, 11) is 0. The van der Waals surface area contributed by atoms with Gasteiger partial charge in [-0.3, -0.25) is 4.79 Å². The van der Waals surface area contributed by atoms with Crippen molar-refractivity contribution in [2.45, 2.75) is 6.61 Å². The van der Waals surface area contributed by atoms with Crippen LogP contribution in [0, 0.1) is 0 Å². The van der Waals surface area contributed by atoms with Crippen molar-refractivity contribution in [3.05, 3.63) is 89.7 Å². The number of benzene rings is 3. The van der Waals surface area contributed by atoms with Crippen LogP contribution in [0.15, 0.2) is 83.7 Å². The van der Waals surface area contributed by atoms with Crippen LogP contribution in [0.4, 0.5) is 0 Å². The van der Waals surface area contributed by atoms with Gasteiger partial charge < -0.3 is 9.47 Å². The van der Waals surface area contributed by atoms with E-state index in [1.54, 1.807) is 12.3 Å². The third kappa shape index (κ3) is 7.75. The molecule has 0 aliphatic rings. The molecule has 9 heteroatoms. The summed E-state index contributed by atoms with van der Waals surface area (Å²) in [5, 5.41) is 3.96. The lowest BCUT2D eigenvalue weighted by atomic mass is 10.2. The maximum absolute atomic E-state index is 11.9. The molecule has 3 rings (SSSR count). The second-order valence-electron chi connectivity index (χ2n) is 6.25. The first-order chi connectivity index (χ1) is 14.9. The monoisotopic (exact) mass is 672 g/mol. The van der Waals surface area contributed by atoms with Crippen molar-refractivity contribution in [3.8, 4) is 11.5 Å². The van der Waals surface area contributed by atoms with Gasteiger partial charge in [-0.25, -0.2) is 5.43 Å². The van der Waals surface area contributed by atoms with Crippen LogP contribution >= 0.6 is 63.7 Å². The van der Waals surface area contributed by atoms with Crippen molar-refractivity contribution in [2.75, 3.05) is 6.61 Å². The summed E-state index contributed by atoms with van der Waals surface area (Å²) in [5.74, 6) is 0.962. The predicted octanol–water partition coefficient (Wildman–Crippen LogP) is 6.84. The maximum atomic E-state index is 11.9. The van der Waals surface area contributed by atoms with Crippen molar-refractivity contribution < 1.29 is 14.3 Å². The topological polar surface area (TPSA) is 59.9 Å². The van der Waals surface area contributed by atoms with Gasteiger partial charge in [-0.2, -0.15) is 5.10 Å². The van der Waals surface area contributed by atoms with Crippen LogP contribution in [0.1, 0.15) is 11.1 Å². The van der Waals surface area contributed by atoms with Crippen molar-refractivity contribution >= 4 is 75.8 Å². The Balaban J connectivity index is 1.45. The Hall–Kier alpha value is -1.68. The van der Waals surface area contributed by atoms with Gasteiger partial charge in [-0.15, -0.1) is 0 Å². The van der Waals surface area contributed by atoms with E-state index >= 15 is 0 Å². The quantitative estimate of drug-likeness (QED) is 0.210. The molecule has 0 radical (unpaired) electrons. The fraction of sp³-hybridized carbons (Fsp3) is 0.0909. The third-order valence-corrected chi connectivity index (χ3v) is 6.29. The molecule has 0 heterocycles. The number of hydrogen-bond donors (Lipinski definition) is 1. The Bertz CT molecular complexity index is 1090. The SMILES string of the molecule is O=C(COc1ccc(Br)cc1Br)N/N=C/c1ccc(OCc2ccc(Br)cc2Br)cc1. The number of ether oxygens (including phenoxy) is 2. The minimum Gasteiger partial charge on any atom is -0.489 e. The van der Waals surface area contributed by atoms with E-state index in [9.17, 15) is 4.79 Å². The molecule has 3 aromatic rings. The van der Waals surface area contributed by atoms with Gasteiger partial charge in [0.2, 0.25) is 0 Å². The number of nitrogens with one attached hydrogen (secondary N) is 1. The smallest absolute Gasteiger partial charge is 0.277 e. The van der Waals surface area contributed by atoms with Crippen molar-refractivity contribution in [1.29, 1.82) is 0 Å². The van der Waals surface area contributed by atoms with E-state index in [1.807, 2.05) is 54.6 Å². The van der Waals surface area contributed by atoms with Crippen LogP contribution in [-0.2, 0) is 11.4 Å². The maximum Gasteiger partial charge on any atom is 0.277 e. The Kier molecular flexibility index (Phi) is 9.13. The number of hydrogen-bond acceptors (Lipinski definition) is 4. The molecule has 5 nitrogen and oxygen atoms in total. The zero-order valence-electron chi connectivity index (χ0n) is 15.9. The van der Waals surface area contributed by atoms with E-state index in [0.717, 1.165) is 34.8 Å². The Morgan fingerprint density at radius 3 is 2.23 bits per heavy atom. The number of hydrazone groups is 1. The van der Waals surface area contributed by atoms with Gasteiger partial charge >= 0.3 is 0 Å². The van der Waals surface area contributed by atoms with Crippen LogP contribution in [0.3, 0.4) is 0 Å². The van der Waals surface area contributed by atoms with Crippen LogP contribution in [0.25, 0.3) is 0 Å². The molecule has 0 atom stereocenters. The molecule has 0 aliphatic heterocycles. The van der Waals surface area contributed by atoms with Crippen LogP contribution in [0.2, 0.25) is 0 Å². The molecular weight excluding hydrogens is 660 g/mol. The molecule has 1 amide bonds. The number of carbonyl (C=O) groups excluding carboxylic acids is 1. The number of rotatable bonds is 8. The van der Waals surface area contributed by atoms with Crippen molar-refractivity contribution in [3.63, 3.8) is 0 Å². The average Bonchev–Trinajstić information content (AvgIpc) is 2.73. The molecule has 31 heavy (non-hydrogen) atoms. The minimum atomic E-state index is -0.355. The molecule has 0 aliphatic carbocycles. The minimum absolute atomic E-state index is 0.143. The number of amides is 1. The summed E-state index contributed by atoms with van der Waals surface area (Å²) < 4.78 is 15.0. The van der Waals surface area contributed by atoms with Crippen molar-refractivity contribution in [1.82, 2.24) is 5.43 Å². The lowest BCUT2D eigenvalue weighted by Gasteiger charge is -2.08. The zero-order valence-corrected chi connectivity index (χ0v) is 22.3. The highest BCUT2D eigenvalue weighted by Gasteiger charge is 2.06. The summed E-state index contributed by atoms with van der Waals surface area (Å²) in [5.41, 5.74) is 4.32. The van der Waals surface area contributed by atoms with Gasteiger partial charge in [0.25, 0.3) is 5.91 Å². The summed E-state index contributed by atoms with van der Waals surface area (Å²) >= 11 is 13.7. The van der Waals surface area contributed by atoms with E-state index in [1.165, 1.54) is 0 Å². The predicted molar refractivity (Wildman–Crippen MR) is 136 cm³/mol. The number of carbonyl (C=O) groups is 1. The number of halogens is 4. The summed E-state index contributed by atoms with van der Waals surface area (Å²) in [4.78, 5) is 11.9. The van der Waals surface area contributed by atoms with E-state index in [-0.39, 0.29) is 12.5 Å². The second kappa shape index (κ2) is 11.8. The third-order valence-electron chi connectivity index (χ3n) is 3.95. The van der Waals surface area contributed by atoms with E-state index in [4.69, 9.17) is 9.47 Å². The van der Waals surface area contributed by atoms with Gasteiger partial charge in [0.15, 0.2) is 6.61 Å². The average molecular weight is 676 g/mol. The zero-order chi connectivity index (χ0) is 22.2. The van der Waals surface area contributed by atoms with Gasteiger partial charge in [-0.1, -0.05) is 53.9 Å². The molecule has 0 fully saturated rings. The molecule has 0 saturated heterocycles.